The van der Waals surface area contributed by atoms with E-state index in [0.717, 1.165) is 29.3 Å². The Morgan fingerprint density at radius 1 is 1.05 bits per heavy atom. The third kappa shape index (κ3) is 9.50. The highest BCUT2D eigenvalue weighted by molar-refractivity contribution is 8.00. The van der Waals surface area contributed by atoms with Gasteiger partial charge in [0.15, 0.2) is 9.84 Å². The molecule has 7 nitrogen and oxygen atoms in total. The van der Waals surface area contributed by atoms with Gasteiger partial charge in [0.2, 0.25) is 0 Å². The van der Waals surface area contributed by atoms with E-state index >= 15 is 0 Å². The summed E-state index contributed by atoms with van der Waals surface area (Å²) in [5.41, 5.74) is 3.50. The molecule has 1 heterocycles. The summed E-state index contributed by atoms with van der Waals surface area (Å²) in [4.78, 5) is 17.6. The molecule has 0 bridgehead atoms. The van der Waals surface area contributed by atoms with Crippen molar-refractivity contribution in [1.29, 1.82) is 5.26 Å². The van der Waals surface area contributed by atoms with Gasteiger partial charge in [-0.25, -0.2) is 13.4 Å². The molecule has 0 radical (unpaired) electrons. The van der Waals surface area contributed by atoms with Crippen LogP contribution >= 0.6 is 11.8 Å². The molecular formula is C30H34N2O5S2. The SMILES string of the molecule is CCCCS(=O)(=O)CC(COC(C)C)OC(=O)CSc1nc(-c2ccccc2)cc(-c2ccccc2)c1C#N. The van der Waals surface area contributed by atoms with E-state index in [2.05, 4.69) is 6.07 Å². The number of hydrogen-bond acceptors (Lipinski definition) is 8. The molecule has 0 N–H and O–H groups in total. The van der Waals surface area contributed by atoms with Crippen LogP contribution < -0.4 is 0 Å². The summed E-state index contributed by atoms with van der Waals surface area (Å²) < 4.78 is 36.2. The largest absolute Gasteiger partial charge is 0.458 e. The zero-order valence-corrected chi connectivity index (χ0v) is 24.1. The van der Waals surface area contributed by atoms with E-state index < -0.39 is 21.9 Å². The first-order chi connectivity index (χ1) is 18.7. The van der Waals surface area contributed by atoms with Crippen molar-refractivity contribution in [1.82, 2.24) is 4.98 Å². The molecule has 0 spiro atoms. The summed E-state index contributed by atoms with van der Waals surface area (Å²) in [7, 11) is -3.41. The van der Waals surface area contributed by atoms with E-state index in [4.69, 9.17) is 14.5 Å². The number of unbranched alkanes of at least 4 members (excludes halogenated alkanes) is 1. The van der Waals surface area contributed by atoms with Gasteiger partial charge < -0.3 is 9.47 Å². The van der Waals surface area contributed by atoms with Crippen molar-refractivity contribution in [2.24, 2.45) is 0 Å². The molecule has 9 heteroatoms. The first-order valence-corrected chi connectivity index (χ1v) is 15.7. The maximum Gasteiger partial charge on any atom is 0.316 e. The Hall–Kier alpha value is -3.19. The van der Waals surface area contributed by atoms with E-state index in [1.165, 1.54) is 0 Å². The maximum absolute atomic E-state index is 12.9. The lowest BCUT2D eigenvalue weighted by molar-refractivity contribution is -0.148. The van der Waals surface area contributed by atoms with Crippen molar-refractivity contribution >= 4 is 27.6 Å². The number of ether oxygens (including phenoxy) is 2. The van der Waals surface area contributed by atoms with Crippen LogP contribution in [-0.2, 0) is 24.1 Å². The number of benzene rings is 2. The summed E-state index contributed by atoms with van der Waals surface area (Å²) in [6.07, 6.45) is 0.248. The summed E-state index contributed by atoms with van der Waals surface area (Å²) in [5, 5.41) is 10.5. The lowest BCUT2D eigenvalue weighted by Crippen LogP contribution is -2.33. The zero-order chi connectivity index (χ0) is 28.3. The van der Waals surface area contributed by atoms with Gasteiger partial charge >= 0.3 is 5.97 Å². The number of hydrogen-bond donors (Lipinski definition) is 0. The van der Waals surface area contributed by atoms with Crippen LogP contribution in [0.1, 0.15) is 39.2 Å². The molecule has 1 atom stereocenters. The van der Waals surface area contributed by atoms with Crippen molar-refractivity contribution in [3.63, 3.8) is 0 Å². The van der Waals surface area contributed by atoms with Gasteiger partial charge in [0, 0.05) is 11.1 Å². The molecule has 0 fully saturated rings. The Bertz CT molecular complexity index is 1370. The van der Waals surface area contributed by atoms with Crippen molar-refractivity contribution < 1.29 is 22.7 Å². The number of pyridine rings is 1. The normalized spacial score (nSPS) is 12.2. The number of nitriles is 1. The molecular weight excluding hydrogens is 532 g/mol. The number of carbonyl (C=O) groups excluding carboxylic acids is 1. The van der Waals surface area contributed by atoms with Crippen molar-refractivity contribution in [3.05, 3.63) is 72.3 Å². The predicted octanol–water partition coefficient (Wildman–Crippen LogP) is 5.93. The molecule has 0 amide bonds. The van der Waals surface area contributed by atoms with Crippen LogP contribution in [0.2, 0.25) is 0 Å². The lowest BCUT2D eigenvalue weighted by Gasteiger charge is -2.19. The number of sulfone groups is 1. The highest BCUT2D eigenvalue weighted by Gasteiger charge is 2.24. The average molecular weight is 567 g/mol. The molecule has 0 aliphatic heterocycles. The van der Waals surface area contributed by atoms with Crippen LogP contribution in [0.3, 0.4) is 0 Å². The minimum absolute atomic E-state index is 0.0111. The van der Waals surface area contributed by atoms with Crippen LogP contribution in [0.15, 0.2) is 71.8 Å². The third-order valence-electron chi connectivity index (χ3n) is 5.74. The predicted molar refractivity (Wildman–Crippen MR) is 155 cm³/mol. The minimum atomic E-state index is -3.41. The molecule has 0 saturated heterocycles. The Labute approximate surface area is 235 Å². The second kappa shape index (κ2) is 14.8. The second-order valence-corrected chi connectivity index (χ2v) is 12.5. The highest BCUT2D eigenvalue weighted by Crippen LogP contribution is 2.34. The van der Waals surface area contributed by atoms with E-state index in [-0.39, 0.29) is 30.0 Å². The minimum Gasteiger partial charge on any atom is -0.458 e. The monoisotopic (exact) mass is 566 g/mol. The number of esters is 1. The van der Waals surface area contributed by atoms with E-state index in [1.54, 1.807) is 0 Å². The molecule has 0 aliphatic rings. The molecule has 39 heavy (non-hydrogen) atoms. The number of rotatable bonds is 14. The summed E-state index contributed by atoms with van der Waals surface area (Å²) >= 11 is 1.10. The number of thioether (sulfide) groups is 1. The van der Waals surface area contributed by atoms with Crippen LogP contribution in [-0.4, -0.2) is 55.4 Å². The van der Waals surface area contributed by atoms with E-state index in [9.17, 15) is 18.5 Å². The molecule has 0 saturated carbocycles. The second-order valence-electron chi connectivity index (χ2n) is 9.33. The maximum atomic E-state index is 12.9. The highest BCUT2D eigenvalue weighted by atomic mass is 32.2. The molecule has 0 aliphatic carbocycles. The zero-order valence-electron chi connectivity index (χ0n) is 22.5. The fourth-order valence-electron chi connectivity index (χ4n) is 3.83. The molecule has 3 rings (SSSR count). The Balaban J connectivity index is 1.84. The number of aromatic nitrogens is 1. The van der Waals surface area contributed by atoms with Crippen LogP contribution in [0.4, 0.5) is 0 Å². The van der Waals surface area contributed by atoms with Gasteiger partial charge in [0.05, 0.1) is 41.2 Å². The summed E-state index contributed by atoms with van der Waals surface area (Å²) in [6, 6.07) is 23.3. The molecule has 206 valence electrons. The first kappa shape index (κ1) is 30.4. The van der Waals surface area contributed by atoms with Gasteiger partial charge in [-0.05, 0) is 31.9 Å². The van der Waals surface area contributed by atoms with Gasteiger partial charge in [-0.15, -0.1) is 0 Å². The van der Waals surface area contributed by atoms with Crippen LogP contribution in [0.25, 0.3) is 22.4 Å². The third-order valence-corrected chi connectivity index (χ3v) is 8.48. The standard InChI is InChI=1S/C30H34N2O5S2/c1-4-5-16-39(34,35)21-25(19-36-22(2)3)37-29(33)20-38-30-27(18-31)26(23-12-8-6-9-13-23)17-28(32-30)24-14-10-7-11-15-24/h6-15,17,22,25H,4-5,16,19-21H2,1-3H3. The number of nitrogens with zero attached hydrogens (tertiary/aromatic N) is 2. The van der Waals surface area contributed by atoms with Gasteiger partial charge in [-0.3, -0.25) is 4.79 Å². The topological polar surface area (TPSA) is 106 Å². The first-order valence-electron chi connectivity index (χ1n) is 12.9. The molecule has 3 aromatic rings. The van der Waals surface area contributed by atoms with Gasteiger partial charge in [0.1, 0.15) is 17.2 Å². The Morgan fingerprint density at radius 2 is 1.69 bits per heavy atom. The van der Waals surface area contributed by atoms with Gasteiger partial charge in [-0.2, -0.15) is 5.26 Å². The molecule has 1 unspecified atom stereocenters. The Morgan fingerprint density at radius 3 is 2.28 bits per heavy atom. The van der Waals surface area contributed by atoms with Gasteiger partial charge in [-0.1, -0.05) is 85.8 Å². The van der Waals surface area contributed by atoms with Crippen LogP contribution in [0, 0.1) is 11.3 Å². The Kier molecular flexibility index (Phi) is 11.5. The fourth-order valence-corrected chi connectivity index (χ4v) is 6.24. The smallest absolute Gasteiger partial charge is 0.316 e. The van der Waals surface area contributed by atoms with Crippen molar-refractivity contribution in [2.75, 3.05) is 23.9 Å². The van der Waals surface area contributed by atoms with Crippen molar-refractivity contribution in [2.45, 2.75) is 50.8 Å². The number of carbonyl (C=O) groups is 1. The van der Waals surface area contributed by atoms with E-state index in [0.29, 0.717) is 28.3 Å². The van der Waals surface area contributed by atoms with E-state index in [1.807, 2.05) is 87.5 Å². The molecule has 1 aromatic heterocycles. The quantitative estimate of drug-likeness (QED) is 0.175. The average Bonchev–Trinajstić information content (AvgIpc) is 2.94. The summed E-state index contributed by atoms with van der Waals surface area (Å²) in [5.74, 6) is -0.987. The molecule has 2 aromatic carbocycles. The van der Waals surface area contributed by atoms with Gasteiger partial charge in [0.25, 0.3) is 0 Å². The van der Waals surface area contributed by atoms with Crippen molar-refractivity contribution in [3.8, 4) is 28.5 Å². The fraction of sp³-hybridized carbons (Fsp3) is 0.367. The lowest BCUT2D eigenvalue weighted by atomic mass is 9.99. The van der Waals surface area contributed by atoms with Crippen LogP contribution in [0.5, 0.6) is 0 Å². The summed E-state index contributed by atoms with van der Waals surface area (Å²) in [6.45, 7) is 5.58.